The van der Waals surface area contributed by atoms with Gasteiger partial charge in [0.15, 0.2) is 5.78 Å². The molecule has 0 heterocycles. The van der Waals surface area contributed by atoms with Gasteiger partial charge < -0.3 is 4.74 Å². The molecule has 0 saturated heterocycles. The predicted octanol–water partition coefficient (Wildman–Crippen LogP) is 4.32. The molecule has 21 heavy (non-hydrogen) atoms. The maximum absolute atomic E-state index is 12.1. The Morgan fingerprint density at radius 2 is 1.76 bits per heavy atom. The first-order chi connectivity index (χ1) is 9.83. The van der Waals surface area contributed by atoms with Crippen molar-refractivity contribution in [2.45, 2.75) is 19.7 Å². The summed E-state index contributed by atoms with van der Waals surface area (Å²) in [7, 11) is 0. The average molecular weight is 294 g/mol. The SMILES string of the molecule is Cc1cccc(C(=O)Cc2ccc(OC(F)(F)F)cc2)c1. The molecule has 2 aromatic rings. The van der Waals surface area contributed by atoms with Crippen LogP contribution in [-0.2, 0) is 6.42 Å². The Morgan fingerprint density at radius 1 is 1.10 bits per heavy atom. The normalized spacial score (nSPS) is 11.2. The number of carbonyl (C=O) groups is 1. The van der Waals surface area contributed by atoms with E-state index in [4.69, 9.17) is 0 Å². The van der Waals surface area contributed by atoms with Crippen LogP contribution in [0.25, 0.3) is 0 Å². The number of carbonyl (C=O) groups excluding carboxylic acids is 1. The lowest BCUT2D eigenvalue weighted by Crippen LogP contribution is -2.17. The van der Waals surface area contributed by atoms with Crippen molar-refractivity contribution in [2.24, 2.45) is 0 Å². The molecule has 0 atom stereocenters. The van der Waals surface area contributed by atoms with E-state index >= 15 is 0 Å². The van der Waals surface area contributed by atoms with Crippen LogP contribution in [0.2, 0.25) is 0 Å². The first-order valence-electron chi connectivity index (χ1n) is 6.28. The summed E-state index contributed by atoms with van der Waals surface area (Å²) in [4.78, 5) is 12.1. The maximum atomic E-state index is 12.1. The zero-order valence-electron chi connectivity index (χ0n) is 11.3. The van der Waals surface area contributed by atoms with Crippen LogP contribution in [0.15, 0.2) is 48.5 Å². The standard InChI is InChI=1S/C16H13F3O2/c1-11-3-2-4-13(9-11)15(20)10-12-5-7-14(8-6-12)21-16(17,18)19/h2-9H,10H2,1H3. The van der Waals surface area contributed by atoms with Gasteiger partial charge in [0, 0.05) is 12.0 Å². The van der Waals surface area contributed by atoms with E-state index in [-0.39, 0.29) is 18.0 Å². The molecule has 0 unspecified atom stereocenters. The number of halogens is 3. The van der Waals surface area contributed by atoms with Gasteiger partial charge in [0.2, 0.25) is 0 Å². The summed E-state index contributed by atoms with van der Waals surface area (Å²) in [6, 6.07) is 12.5. The van der Waals surface area contributed by atoms with E-state index in [1.807, 2.05) is 13.0 Å². The van der Waals surface area contributed by atoms with E-state index in [1.165, 1.54) is 24.3 Å². The van der Waals surface area contributed by atoms with Crippen LogP contribution in [0.4, 0.5) is 13.2 Å². The maximum Gasteiger partial charge on any atom is 0.573 e. The highest BCUT2D eigenvalue weighted by Crippen LogP contribution is 2.23. The van der Waals surface area contributed by atoms with Gasteiger partial charge in [0.25, 0.3) is 0 Å². The van der Waals surface area contributed by atoms with Gasteiger partial charge >= 0.3 is 6.36 Å². The van der Waals surface area contributed by atoms with E-state index in [0.29, 0.717) is 11.1 Å². The Hall–Kier alpha value is -2.30. The number of aryl methyl sites for hydroxylation is 1. The van der Waals surface area contributed by atoms with Gasteiger partial charge in [-0.05, 0) is 30.7 Å². The molecule has 0 N–H and O–H groups in total. The summed E-state index contributed by atoms with van der Waals surface area (Å²) in [6.45, 7) is 1.89. The molecule has 0 aromatic heterocycles. The van der Waals surface area contributed by atoms with Crippen molar-refractivity contribution in [3.63, 3.8) is 0 Å². The molecular formula is C16H13F3O2. The topological polar surface area (TPSA) is 26.3 Å². The van der Waals surface area contributed by atoms with Crippen molar-refractivity contribution in [2.75, 3.05) is 0 Å². The molecule has 0 aliphatic heterocycles. The summed E-state index contributed by atoms with van der Waals surface area (Å²) < 4.78 is 39.9. The fraction of sp³-hybridized carbons (Fsp3) is 0.188. The monoisotopic (exact) mass is 294 g/mol. The number of rotatable bonds is 4. The lowest BCUT2D eigenvalue weighted by molar-refractivity contribution is -0.274. The largest absolute Gasteiger partial charge is 0.573 e. The van der Waals surface area contributed by atoms with Gasteiger partial charge in [-0.2, -0.15) is 0 Å². The smallest absolute Gasteiger partial charge is 0.406 e. The van der Waals surface area contributed by atoms with Crippen LogP contribution in [0, 0.1) is 6.92 Å². The van der Waals surface area contributed by atoms with E-state index in [9.17, 15) is 18.0 Å². The van der Waals surface area contributed by atoms with Gasteiger partial charge in [-0.3, -0.25) is 4.79 Å². The van der Waals surface area contributed by atoms with Crippen molar-refractivity contribution in [3.8, 4) is 5.75 Å². The Balaban J connectivity index is 2.05. The predicted molar refractivity (Wildman–Crippen MR) is 72.3 cm³/mol. The molecule has 5 heteroatoms. The fourth-order valence-corrected chi connectivity index (χ4v) is 1.91. The third kappa shape index (κ3) is 4.63. The second kappa shape index (κ2) is 5.99. The average Bonchev–Trinajstić information content (AvgIpc) is 2.39. The molecule has 2 aromatic carbocycles. The number of hydrogen-bond acceptors (Lipinski definition) is 2. The second-order valence-electron chi connectivity index (χ2n) is 4.66. The molecule has 0 spiro atoms. The molecule has 2 nitrogen and oxygen atoms in total. The Labute approximate surface area is 120 Å². The zero-order valence-corrected chi connectivity index (χ0v) is 11.3. The van der Waals surface area contributed by atoms with Gasteiger partial charge in [-0.1, -0.05) is 35.9 Å². The number of alkyl halides is 3. The van der Waals surface area contributed by atoms with Crippen LogP contribution < -0.4 is 4.74 Å². The van der Waals surface area contributed by atoms with Crippen molar-refractivity contribution in [3.05, 3.63) is 65.2 Å². The molecule has 2 rings (SSSR count). The summed E-state index contributed by atoms with van der Waals surface area (Å²) in [5, 5.41) is 0. The fourth-order valence-electron chi connectivity index (χ4n) is 1.91. The molecule has 0 aliphatic carbocycles. The van der Waals surface area contributed by atoms with Crippen LogP contribution in [-0.4, -0.2) is 12.1 Å². The summed E-state index contributed by atoms with van der Waals surface area (Å²) in [5.74, 6) is -0.377. The second-order valence-corrected chi connectivity index (χ2v) is 4.66. The van der Waals surface area contributed by atoms with Crippen molar-refractivity contribution in [1.82, 2.24) is 0 Å². The number of hydrogen-bond donors (Lipinski definition) is 0. The first-order valence-corrected chi connectivity index (χ1v) is 6.28. The number of Topliss-reactive ketones (excluding diaryl/α,β-unsaturated/α-hetero) is 1. The Kier molecular flexibility index (Phi) is 4.31. The van der Waals surface area contributed by atoms with E-state index < -0.39 is 6.36 Å². The van der Waals surface area contributed by atoms with E-state index in [1.54, 1.807) is 18.2 Å². The lowest BCUT2D eigenvalue weighted by Gasteiger charge is -2.09. The van der Waals surface area contributed by atoms with Crippen molar-refractivity contribution < 1.29 is 22.7 Å². The molecule has 0 saturated carbocycles. The summed E-state index contributed by atoms with van der Waals surface area (Å²) in [5.41, 5.74) is 2.21. The van der Waals surface area contributed by atoms with Gasteiger partial charge in [0.1, 0.15) is 5.75 Å². The number of benzene rings is 2. The molecule has 0 radical (unpaired) electrons. The van der Waals surface area contributed by atoms with Crippen molar-refractivity contribution >= 4 is 5.78 Å². The third-order valence-electron chi connectivity index (χ3n) is 2.86. The Bertz CT molecular complexity index is 631. The molecular weight excluding hydrogens is 281 g/mol. The molecule has 0 fully saturated rings. The van der Waals surface area contributed by atoms with E-state index in [0.717, 1.165) is 5.56 Å². The van der Waals surface area contributed by atoms with Crippen LogP contribution in [0.5, 0.6) is 5.75 Å². The van der Waals surface area contributed by atoms with Crippen LogP contribution in [0.1, 0.15) is 21.5 Å². The minimum Gasteiger partial charge on any atom is -0.406 e. The van der Waals surface area contributed by atoms with Crippen LogP contribution >= 0.6 is 0 Å². The highest BCUT2D eigenvalue weighted by Gasteiger charge is 2.30. The molecule has 110 valence electrons. The van der Waals surface area contributed by atoms with Gasteiger partial charge in [0.05, 0.1) is 0 Å². The lowest BCUT2D eigenvalue weighted by atomic mass is 10.0. The quantitative estimate of drug-likeness (QED) is 0.785. The third-order valence-corrected chi connectivity index (χ3v) is 2.86. The van der Waals surface area contributed by atoms with Gasteiger partial charge in [-0.25, -0.2) is 0 Å². The molecule has 0 bridgehead atoms. The number of ketones is 1. The van der Waals surface area contributed by atoms with Crippen LogP contribution in [0.3, 0.4) is 0 Å². The molecule has 0 amide bonds. The Morgan fingerprint density at radius 3 is 2.33 bits per heavy atom. The summed E-state index contributed by atoms with van der Waals surface area (Å²) in [6.07, 6.45) is -4.57. The van der Waals surface area contributed by atoms with Gasteiger partial charge in [-0.15, -0.1) is 13.2 Å². The minimum atomic E-state index is -4.71. The highest BCUT2D eigenvalue weighted by molar-refractivity contribution is 5.97. The molecule has 0 aliphatic rings. The first kappa shape index (κ1) is 15.1. The number of ether oxygens (including phenoxy) is 1. The van der Waals surface area contributed by atoms with E-state index in [2.05, 4.69) is 4.74 Å². The zero-order chi connectivity index (χ0) is 15.5. The summed E-state index contributed by atoms with van der Waals surface area (Å²) >= 11 is 0. The minimum absolute atomic E-state index is 0.0804. The highest BCUT2D eigenvalue weighted by atomic mass is 19.4. The van der Waals surface area contributed by atoms with Crippen molar-refractivity contribution in [1.29, 1.82) is 0 Å².